The van der Waals surface area contributed by atoms with Gasteiger partial charge in [0, 0.05) is 23.4 Å². The van der Waals surface area contributed by atoms with E-state index >= 15 is 0 Å². The Hall–Kier alpha value is -4.69. The number of esters is 1. The van der Waals surface area contributed by atoms with Crippen LogP contribution >= 0.6 is 11.8 Å². The first kappa shape index (κ1) is 27.3. The zero-order chi connectivity index (χ0) is 28.6. The molecular weight excluding hydrogens is 538 g/mol. The molecule has 0 fully saturated rings. The molecule has 13 nitrogen and oxygen atoms in total. The van der Waals surface area contributed by atoms with Crippen molar-refractivity contribution >= 4 is 23.7 Å². The lowest BCUT2D eigenvalue weighted by Crippen LogP contribution is -2.39. The molecule has 0 amide bonds. The Morgan fingerprint density at radius 2 is 1.56 bits per heavy atom. The SMILES string of the molecule is N[C@H](CS[C@H]1c2c(O)cc(O)cc2O[C@H](c2ccc(O)c(O)c2)[C@@H]1OC(=O)c1cc(O)c(O)c(O)c1)C(=O)O. The Morgan fingerprint density at radius 3 is 2.18 bits per heavy atom. The van der Waals surface area contributed by atoms with Gasteiger partial charge in [0.1, 0.15) is 23.3 Å². The maximum atomic E-state index is 13.2. The number of hydrogen-bond acceptors (Lipinski definition) is 13. The molecule has 4 rings (SSSR count). The zero-order valence-electron chi connectivity index (χ0n) is 19.8. The van der Waals surface area contributed by atoms with Gasteiger partial charge in [-0.25, -0.2) is 4.79 Å². The van der Waals surface area contributed by atoms with Gasteiger partial charge in [0.25, 0.3) is 0 Å². The molecule has 14 heteroatoms. The van der Waals surface area contributed by atoms with Gasteiger partial charge in [0.05, 0.1) is 16.4 Å². The highest BCUT2D eigenvalue weighted by atomic mass is 32.2. The number of benzene rings is 3. The molecule has 1 aliphatic heterocycles. The van der Waals surface area contributed by atoms with Gasteiger partial charge in [0.15, 0.2) is 41.0 Å². The van der Waals surface area contributed by atoms with Crippen LogP contribution in [0.1, 0.15) is 32.8 Å². The summed E-state index contributed by atoms with van der Waals surface area (Å²) >= 11 is 0.901. The summed E-state index contributed by atoms with van der Waals surface area (Å²) < 4.78 is 11.7. The number of aliphatic carboxylic acids is 1. The van der Waals surface area contributed by atoms with Crippen LogP contribution in [0.15, 0.2) is 42.5 Å². The number of phenols is 7. The van der Waals surface area contributed by atoms with Crippen molar-refractivity contribution in [3.63, 3.8) is 0 Å². The largest absolute Gasteiger partial charge is 0.508 e. The van der Waals surface area contributed by atoms with E-state index < -0.39 is 69.9 Å². The fraction of sp³-hybridized carbons (Fsp3) is 0.200. The molecule has 0 unspecified atom stereocenters. The molecule has 1 heterocycles. The molecule has 0 aliphatic carbocycles. The summed E-state index contributed by atoms with van der Waals surface area (Å²) in [6.45, 7) is 0. The lowest BCUT2D eigenvalue weighted by atomic mass is 9.93. The lowest BCUT2D eigenvalue weighted by molar-refractivity contribution is -0.137. The number of carbonyl (C=O) groups is 2. The normalized spacial score (nSPS) is 18.9. The van der Waals surface area contributed by atoms with Gasteiger partial charge in [-0.15, -0.1) is 11.8 Å². The molecule has 39 heavy (non-hydrogen) atoms. The molecule has 0 saturated heterocycles. The van der Waals surface area contributed by atoms with E-state index in [1.54, 1.807) is 0 Å². The van der Waals surface area contributed by atoms with Gasteiger partial charge in [-0.05, 0) is 24.3 Å². The van der Waals surface area contributed by atoms with E-state index in [-0.39, 0.29) is 33.9 Å². The summed E-state index contributed by atoms with van der Waals surface area (Å²) in [6, 6.07) is 6.17. The summed E-state index contributed by atoms with van der Waals surface area (Å²) in [5.74, 6) is -6.97. The number of phenolic OH excluding ortho intramolecular Hbond substituents is 7. The van der Waals surface area contributed by atoms with Gasteiger partial charge in [-0.1, -0.05) is 6.07 Å². The topological polar surface area (TPSA) is 240 Å². The number of fused-ring (bicyclic) bond motifs is 1. The minimum atomic E-state index is -1.38. The van der Waals surface area contributed by atoms with Crippen molar-refractivity contribution in [2.45, 2.75) is 23.5 Å². The molecule has 3 aromatic rings. The van der Waals surface area contributed by atoms with Crippen molar-refractivity contribution in [3.8, 4) is 46.0 Å². The Bertz CT molecular complexity index is 1420. The fourth-order valence-corrected chi connectivity index (χ4v) is 5.33. The van der Waals surface area contributed by atoms with E-state index in [1.807, 2.05) is 0 Å². The fourth-order valence-electron chi connectivity index (χ4n) is 3.98. The second-order valence-electron chi connectivity index (χ2n) is 8.60. The Balaban J connectivity index is 1.84. The minimum Gasteiger partial charge on any atom is -0.508 e. The standard InChI is InChI=1S/C25H23NO12S/c26-12(24(34)35)8-39-23-19-15(30)6-11(27)7-18(19)37-21(9-1-2-13(28)14(29)3-9)22(23)38-25(36)10-4-16(31)20(33)17(32)5-10/h1-7,12,21-23,27-33H,8,26H2,(H,34,35)/t12-,21-,22+,23+/m1/s1. The number of ether oxygens (including phenoxy) is 2. The molecule has 0 bridgehead atoms. The molecular formula is C25H23NO12S. The number of aromatic hydroxyl groups is 7. The quantitative estimate of drug-likeness (QED) is 0.148. The third-order valence-corrected chi connectivity index (χ3v) is 7.30. The van der Waals surface area contributed by atoms with Crippen molar-refractivity contribution < 1.29 is 59.9 Å². The molecule has 1 aliphatic rings. The second kappa shape index (κ2) is 10.6. The molecule has 0 saturated carbocycles. The van der Waals surface area contributed by atoms with Crippen LogP contribution in [0, 0.1) is 0 Å². The smallest absolute Gasteiger partial charge is 0.338 e. The highest BCUT2D eigenvalue weighted by Crippen LogP contribution is 2.54. The molecule has 3 aromatic carbocycles. The molecule has 0 aromatic heterocycles. The maximum absolute atomic E-state index is 13.2. The van der Waals surface area contributed by atoms with Crippen molar-refractivity contribution in [3.05, 3.63) is 59.2 Å². The van der Waals surface area contributed by atoms with Crippen LogP contribution in [-0.4, -0.2) is 70.7 Å². The average molecular weight is 562 g/mol. The van der Waals surface area contributed by atoms with Crippen LogP contribution in [0.3, 0.4) is 0 Å². The summed E-state index contributed by atoms with van der Waals surface area (Å²) in [5, 5.41) is 78.1. The molecule has 0 spiro atoms. The summed E-state index contributed by atoms with van der Waals surface area (Å²) in [4.78, 5) is 24.5. The van der Waals surface area contributed by atoms with Crippen molar-refractivity contribution in [2.75, 3.05) is 5.75 Å². The van der Waals surface area contributed by atoms with Crippen molar-refractivity contribution in [1.82, 2.24) is 0 Å². The second-order valence-corrected chi connectivity index (χ2v) is 9.77. The number of carboxylic acid groups (broad SMARTS) is 1. The number of nitrogens with two attached hydrogens (primary N) is 1. The number of thioether (sulfide) groups is 1. The Morgan fingerprint density at radius 1 is 0.897 bits per heavy atom. The van der Waals surface area contributed by atoms with Crippen LogP contribution in [0.25, 0.3) is 0 Å². The van der Waals surface area contributed by atoms with E-state index in [2.05, 4.69) is 0 Å². The first-order chi connectivity index (χ1) is 18.4. The van der Waals surface area contributed by atoms with Crippen molar-refractivity contribution in [2.24, 2.45) is 5.73 Å². The van der Waals surface area contributed by atoms with E-state index in [9.17, 15) is 50.4 Å². The maximum Gasteiger partial charge on any atom is 0.338 e. The predicted octanol–water partition coefficient (Wildman–Crippen LogP) is 2.17. The molecule has 206 valence electrons. The van der Waals surface area contributed by atoms with Gasteiger partial charge in [-0.2, -0.15) is 0 Å². The number of carboxylic acids is 1. The van der Waals surface area contributed by atoms with E-state index in [0.717, 1.165) is 42.1 Å². The lowest BCUT2D eigenvalue weighted by Gasteiger charge is -2.39. The molecule has 0 radical (unpaired) electrons. The monoisotopic (exact) mass is 561 g/mol. The highest BCUT2D eigenvalue weighted by Gasteiger charge is 2.45. The minimum absolute atomic E-state index is 0.0429. The number of hydrogen-bond donors (Lipinski definition) is 9. The van der Waals surface area contributed by atoms with Crippen molar-refractivity contribution in [1.29, 1.82) is 0 Å². The van der Waals surface area contributed by atoms with Crippen LogP contribution < -0.4 is 10.5 Å². The Kier molecular flexibility index (Phi) is 7.42. The average Bonchev–Trinajstić information content (AvgIpc) is 2.87. The summed E-state index contributed by atoms with van der Waals surface area (Å²) in [7, 11) is 0. The van der Waals surface area contributed by atoms with Crippen LogP contribution in [0.4, 0.5) is 0 Å². The molecule has 4 atom stereocenters. The van der Waals surface area contributed by atoms with Crippen LogP contribution in [-0.2, 0) is 9.53 Å². The number of carbonyl (C=O) groups excluding carboxylic acids is 1. The van der Waals surface area contributed by atoms with Gasteiger partial charge in [-0.3, -0.25) is 4.79 Å². The van der Waals surface area contributed by atoms with Crippen LogP contribution in [0.5, 0.6) is 46.0 Å². The third kappa shape index (κ3) is 5.46. The van der Waals surface area contributed by atoms with E-state index in [0.29, 0.717) is 0 Å². The van der Waals surface area contributed by atoms with Crippen LogP contribution in [0.2, 0.25) is 0 Å². The number of rotatable bonds is 7. The summed E-state index contributed by atoms with van der Waals surface area (Å²) in [6.07, 6.45) is -2.64. The molecule has 10 N–H and O–H groups in total. The van der Waals surface area contributed by atoms with Gasteiger partial charge >= 0.3 is 11.9 Å². The third-order valence-electron chi connectivity index (χ3n) is 5.89. The van der Waals surface area contributed by atoms with E-state index in [4.69, 9.17) is 15.2 Å². The highest BCUT2D eigenvalue weighted by molar-refractivity contribution is 7.99. The summed E-state index contributed by atoms with van der Waals surface area (Å²) in [5.41, 5.74) is 5.53. The zero-order valence-corrected chi connectivity index (χ0v) is 20.6. The first-order valence-electron chi connectivity index (χ1n) is 11.2. The first-order valence-corrected chi connectivity index (χ1v) is 12.2. The van der Waals surface area contributed by atoms with E-state index in [1.165, 1.54) is 12.1 Å². The Labute approximate surface area is 223 Å². The van der Waals surface area contributed by atoms with Gasteiger partial charge in [0.2, 0.25) is 0 Å². The van der Waals surface area contributed by atoms with Gasteiger partial charge < -0.3 is 56.1 Å². The predicted molar refractivity (Wildman–Crippen MR) is 134 cm³/mol.